The van der Waals surface area contributed by atoms with Crippen molar-refractivity contribution < 1.29 is 24.5 Å². The molecule has 6 heteroatoms. The SMILES string of the molecule is O=C(O)Oc1cccc(C(Cl)C(=O)O)c1. The van der Waals surface area contributed by atoms with Gasteiger partial charge in [0.2, 0.25) is 0 Å². The minimum atomic E-state index is -1.46. The number of aliphatic carboxylic acids is 1. The normalized spacial score (nSPS) is 11.8. The van der Waals surface area contributed by atoms with E-state index >= 15 is 0 Å². The second kappa shape index (κ2) is 4.65. The van der Waals surface area contributed by atoms with E-state index < -0.39 is 17.5 Å². The first-order chi connectivity index (χ1) is 7.00. The Morgan fingerprint density at radius 1 is 1.33 bits per heavy atom. The van der Waals surface area contributed by atoms with Crippen molar-refractivity contribution in [3.63, 3.8) is 0 Å². The van der Waals surface area contributed by atoms with E-state index in [1.165, 1.54) is 24.3 Å². The molecule has 1 rings (SSSR count). The summed E-state index contributed by atoms with van der Waals surface area (Å²) in [6.45, 7) is 0. The Morgan fingerprint density at radius 2 is 2.00 bits per heavy atom. The Labute approximate surface area is 89.9 Å². The van der Waals surface area contributed by atoms with Crippen molar-refractivity contribution in [2.24, 2.45) is 0 Å². The lowest BCUT2D eigenvalue weighted by molar-refractivity contribution is -0.136. The molecule has 0 aromatic heterocycles. The van der Waals surface area contributed by atoms with E-state index in [0.29, 0.717) is 0 Å². The number of ether oxygens (including phenoxy) is 1. The zero-order valence-electron chi connectivity index (χ0n) is 7.38. The standard InChI is InChI=1S/C9H7ClO5/c10-7(8(11)12)5-2-1-3-6(4-5)15-9(13)14/h1-4,7H,(H,11,12)(H,13,14). The molecule has 0 radical (unpaired) electrons. The van der Waals surface area contributed by atoms with Crippen molar-refractivity contribution in [1.82, 2.24) is 0 Å². The van der Waals surface area contributed by atoms with E-state index in [4.69, 9.17) is 21.8 Å². The molecule has 80 valence electrons. The van der Waals surface area contributed by atoms with Crippen molar-refractivity contribution in [3.05, 3.63) is 29.8 Å². The van der Waals surface area contributed by atoms with Crippen molar-refractivity contribution in [3.8, 4) is 5.75 Å². The fraction of sp³-hybridized carbons (Fsp3) is 0.111. The molecule has 1 aromatic rings. The molecule has 0 bridgehead atoms. The van der Waals surface area contributed by atoms with Gasteiger partial charge in [-0.3, -0.25) is 4.79 Å². The molecular weight excluding hydrogens is 224 g/mol. The number of hydrogen-bond acceptors (Lipinski definition) is 3. The minimum Gasteiger partial charge on any atom is -0.480 e. The predicted molar refractivity (Wildman–Crippen MR) is 51.3 cm³/mol. The summed E-state index contributed by atoms with van der Waals surface area (Å²) in [7, 11) is 0. The Hall–Kier alpha value is -1.75. The number of hydrogen-bond donors (Lipinski definition) is 2. The van der Waals surface area contributed by atoms with Crippen molar-refractivity contribution in [2.75, 3.05) is 0 Å². The van der Waals surface area contributed by atoms with Gasteiger partial charge in [0, 0.05) is 0 Å². The molecule has 2 N–H and O–H groups in total. The van der Waals surface area contributed by atoms with Crippen LogP contribution in [0.3, 0.4) is 0 Å². The van der Waals surface area contributed by atoms with Gasteiger partial charge < -0.3 is 14.9 Å². The summed E-state index contributed by atoms with van der Waals surface area (Å²) in [5.74, 6) is -1.17. The van der Waals surface area contributed by atoms with Gasteiger partial charge in [-0.15, -0.1) is 11.6 Å². The molecule has 0 amide bonds. The number of halogens is 1. The predicted octanol–water partition coefficient (Wildman–Crippen LogP) is 2.11. The summed E-state index contributed by atoms with van der Waals surface area (Å²) in [6.07, 6.45) is -1.46. The highest BCUT2D eigenvalue weighted by atomic mass is 35.5. The highest BCUT2D eigenvalue weighted by Crippen LogP contribution is 2.24. The number of alkyl halides is 1. The van der Waals surface area contributed by atoms with Gasteiger partial charge in [-0.1, -0.05) is 12.1 Å². The van der Waals surface area contributed by atoms with Crippen LogP contribution < -0.4 is 4.74 Å². The third-order valence-corrected chi connectivity index (χ3v) is 2.01. The van der Waals surface area contributed by atoms with Crippen molar-refractivity contribution in [2.45, 2.75) is 5.38 Å². The molecule has 1 unspecified atom stereocenters. The molecule has 1 atom stereocenters. The lowest BCUT2D eigenvalue weighted by Crippen LogP contribution is -2.06. The second-order valence-electron chi connectivity index (χ2n) is 2.64. The van der Waals surface area contributed by atoms with Gasteiger partial charge in [-0.05, 0) is 17.7 Å². The summed E-state index contributed by atoms with van der Waals surface area (Å²) in [5.41, 5.74) is 0.267. The van der Waals surface area contributed by atoms with Crippen LogP contribution in [0.25, 0.3) is 0 Å². The lowest BCUT2D eigenvalue weighted by atomic mass is 10.1. The van der Waals surface area contributed by atoms with Gasteiger partial charge in [0.25, 0.3) is 0 Å². The van der Waals surface area contributed by atoms with E-state index in [2.05, 4.69) is 4.74 Å². The number of carboxylic acid groups (broad SMARTS) is 2. The van der Waals surface area contributed by atoms with Crippen LogP contribution in [0, 0.1) is 0 Å². The third-order valence-electron chi connectivity index (χ3n) is 1.57. The molecule has 5 nitrogen and oxygen atoms in total. The van der Waals surface area contributed by atoms with Gasteiger partial charge in [-0.2, -0.15) is 0 Å². The maximum atomic E-state index is 10.5. The van der Waals surface area contributed by atoms with Crippen LogP contribution in [0.2, 0.25) is 0 Å². The largest absolute Gasteiger partial charge is 0.511 e. The maximum Gasteiger partial charge on any atom is 0.511 e. The number of carbonyl (C=O) groups is 2. The van der Waals surface area contributed by atoms with Gasteiger partial charge in [0.15, 0.2) is 5.38 Å². The van der Waals surface area contributed by atoms with Crippen molar-refractivity contribution >= 4 is 23.7 Å². The average molecular weight is 231 g/mol. The Balaban J connectivity index is 2.92. The summed E-state index contributed by atoms with van der Waals surface area (Å²) in [5, 5.41) is 15.7. The highest BCUT2D eigenvalue weighted by molar-refractivity contribution is 6.29. The van der Waals surface area contributed by atoms with Crippen LogP contribution in [0.1, 0.15) is 10.9 Å². The lowest BCUT2D eigenvalue weighted by Gasteiger charge is -2.06. The fourth-order valence-corrected chi connectivity index (χ4v) is 1.11. The van der Waals surface area contributed by atoms with Crippen LogP contribution in [0.5, 0.6) is 5.75 Å². The molecule has 0 aliphatic heterocycles. The summed E-state index contributed by atoms with van der Waals surface area (Å²) in [4.78, 5) is 20.8. The second-order valence-corrected chi connectivity index (χ2v) is 3.08. The van der Waals surface area contributed by atoms with Crippen LogP contribution in [0.4, 0.5) is 4.79 Å². The van der Waals surface area contributed by atoms with Gasteiger partial charge in [-0.25, -0.2) is 4.79 Å². The molecule has 0 saturated heterocycles. The van der Waals surface area contributed by atoms with E-state index in [9.17, 15) is 9.59 Å². The van der Waals surface area contributed by atoms with Gasteiger partial charge >= 0.3 is 12.1 Å². The fourth-order valence-electron chi connectivity index (χ4n) is 0.979. The zero-order chi connectivity index (χ0) is 11.4. The maximum absolute atomic E-state index is 10.5. The molecule has 1 aromatic carbocycles. The Kier molecular flexibility index (Phi) is 3.51. The molecule has 15 heavy (non-hydrogen) atoms. The van der Waals surface area contributed by atoms with Crippen LogP contribution in [-0.2, 0) is 4.79 Å². The number of benzene rings is 1. The van der Waals surface area contributed by atoms with Crippen LogP contribution >= 0.6 is 11.6 Å². The van der Waals surface area contributed by atoms with Crippen LogP contribution in [0.15, 0.2) is 24.3 Å². The monoisotopic (exact) mass is 230 g/mol. The number of rotatable bonds is 3. The molecule has 0 saturated carbocycles. The van der Waals surface area contributed by atoms with Gasteiger partial charge in [0.1, 0.15) is 5.75 Å². The first-order valence-corrected chi connectivity index (χ1v) is 4.32. The topological polar surface area (TPSA) is 83.8 Å². The molecule has 0 spiro atoms. The molecular formula is C9H7ClO5. The Morgan fingerprint density at radius 3 is 2.53 bits per heavy atom. The minimum absolute atomic E-state index is 0.0342. The van der Waals surface area contributed by atoms with Crippen LogP contribution in [-0.4, -0.2) is 22.3 Å². The summed E-state index contributed by atoms with van der Waals surface area (Å²) in [6, 6.07) is 5.59. The van der Waals surface area contributed by atoms with E-state index in [1.54, 1.807) is 0 Å². The third kappa shape index (κ3) is 3.14. The quantitative estimate of drug-likeness (QED) is 0.472. The van der Waals surface area contributed by atoms with E-state index in [1.807, 2.05) is 0 Å². The molecule has 0 aliphatic rings. The molecule has 0 heterocycles. The zero-order valence-corrected chi connectivity index (χ0v) is 8.14. The van der Waals surface area contributed by atoms with E-state index in [0.717, 1.165) is 0 Å². The van der Waals surface area contributed by atoms with E-state index in [-0.39, 0.29) is 11.3 Å². The van der Waals surface area contributed by atoms with Crippen molar-refractivity contribution in [1.29, 1.82) is 0 Å². The Bertz CT molecular complexity index is 390. The summed E-state index contributed by atoms with van der Waals surface area (Å²) < 4.78 is 4.35. The molecule has 0 aliphatic carbocycles. The highest BCUT2D eigenvalue weighted by Gasteiger charge is 2.16. The smallest absolute Gasteiger partial charge is 0.480 e. The first kappa shape index (κ1) is 11.3. The average Bonchev–Trinajstić information content (AvgIpc) is 2.16. The number of carboxylic acids is 1. The molecule has 0 fully saturated rings. The summed E-state index contributed by atoms with van der Waals surface area (Å²) >= 11 is 5.55. The van der Waals surface area contributed by atoms with Gasteiger partial charge in [0.05, 0.1) is 0 Å². The first-order valence-electron chi connectivity index (χ1n) is 3.88.